The molecule has 0 aliphatic rings. The second kappa shape index (κ2) is 8.30. The van der Waals surface area contributed by atoms with Gasteiger partial charge in [-0.05, 0) is 44.8 Å². The Morgan fingerprint density at radius 1 is 0.688 bits per heavy atom. The maximum absolute atomic E-state index is 14.9. The molecule has 0 saturated carbocycles. The number of benzene rings is 4. The zero-order valence-electron chi connectivity index (χ0n) is 17.2. The van der Waals surface area contributed by atoms with Crippen LogP contribution in [-0.4, -0.2) is 4.98 Å². The fourth-order valence-corrected chi connectivity index (χ4v) is 4.67. The molecule has 0 aliphatic carbocycles. The minimum atomic E-state index is -0.920. The van der Waals surface area contributed by atoms with Crippen LogP contribution in [0.3, 0.4) is 0 Å². The molecule has 4 heteroatoms. The fourth-order valence-electron chi connectivity index (χ4n) is 4.32. The first-order valence-corrected chi connectivity index (χ1v) is 11.1. The average molecular weight is 483 g/mol. The van der Waals surface area contributed by atoms with Crippen LogP contribution >= 0.6 is 15.9 Å². The van der Waals surface area contributed by atoms with E-state index in [-0.39, 0.29) is 5.82 Å². The van der Waals surface area contributed by atoms with Crippen LogP contribution in [0, 0.1) is 5.82 Å². The van der Waals surface area contributed by atoms with E-state index in [9.17, 15) is 4.39 Å². The Morgan fingerprint density at radius 3 is 1.94 bits per heavy atom. The first-order chi connectivity index (χ1) is 15.6. The Morgan fingerprint density at radius 2 is 1.28 bits per heavy atom. The molecular weight excluding hydrogens is 463 g/mol. The Labute approximate surface area is 194 Å². The van der Waals surface area contributed by atoms with Crippen LogP contribution in [0.2, 0.25) is 0 Å². The smallest absolute Gasteiger partial charge is 0.145 e. The van der Waals surface area contributed by atoms with Crippen molar-refractivity contribution in [3.05, 3.63) is 136 Å². The van der Waals surface area contributed by atoms with Crippen molar-refractivity contribution in [3.63, 3.8) is 0 Å². The first kappa shape index (κ1) is 20.6. The zero-order chi connectivity index (χ0) is 22.1. The number of nitrogens with two attached hydrogens (primary N) is 1. The van der Waals surface area contributed by atoms with Crippen molar-refractivity contribution in [1.82, 2.24) is 4.98 Å². The van der Waals surface area contributed by atoms with Crippen molar-refractivity contribution < 1.29 is 4.39 Å². The van der Waals surface area contributed by atoms with E-state index in [1.165, 1.54) is 0 Å². The molecule has 0 saturated heterocycles. The van der Waals surface area contributed by atoms with Crippen molar-refractivity contribution in [1.29, 1.82) is 0 Å². The highest BCUT2D eigenvalue weighted by Crippen LogP contribution is 2.41. The zero-order valence-corrected chi connectivity index (χ0v) is 18.8. The first-order valence-electron chi connectivity index (χ1n) is 10.3. The summed E-state index contributed by atoms with van der Waals surface area (Å²) in [6.45, 7) is 0. The number of aromatic nitrogens is 1. The normalized spacial score (nSPS) is 11.6. The van der Waals surface area contributed by atoms with Gasteiger partial charge in [-0.2, -0.15) is 0 Å². The summed E-state index contributed by atoms with van der Waals surface area (Å²) in [5, 5.41) is 1.25. The number of halogens is 2. The van der Waals surface area contributed by atoms with E-state index in [0.717, 1.165) is 27.6 Å². The van der Waals surface area contributed by atoms with Gasteiger partial charge in [0, 0.05) is 22.5 Å². The molecule has 0 aliphatic heterocycles. The van der Waals surface area contributed by atoms with Crippen LogP contribution in [0.25, 0.3) is 22.0 Å². The Kier molecular flexibility index (Phi) is 5.33. The molecule has 0 spiro atoms. The quantitative estimate of drug-likeness (QED) is 0.278. The van der Waals surface area contributed by atoms with Gasteiger partial charge >= 0.3 is 0 Å². The van der Waals surface area contributed by atoms with Gasteiger partial charge in [0.25, 0.3) is 0 Å². The van der Waals surface area contributed by atoms with Crippen molar-refractivity contribution >= 4 is 26.7 Å². The molecule has 4 aromatic carbocycles. The molecule has 0 bridgehead atoms. The molecule has 0 unspecified atom stereocenters. The second-order valence-corrected chi connectivity index (χ2v) is 8.56. The summed E-state index contributed by atoms with van der Waals surface area (Å²) in [5.74, 6) is -0.297. The topological polar surface area (TPSA) is 38.9 Å². The summed E-state index contributed by atoms with van der Waals surface area (Å²) in [7, 11) is 0. The number of nitrogens with zero attached hydrogens (tertiary/aromatic N) is 1. The third-order valence-electron chi connectivity index (χ3n) is 5.90. The van der Waals surface area contributed by atoms with Crippen molar-refractivity contribution in [2.75, 3.05) is 0 Å². The lowest BCUT2D eigenvalue weighted by molar-refractivity contribution is 0.633. The van der Waals surface area contributed by atoms with Gasteiger partial charge in [0.2, 0.25) is 0 Å². The summed E-state index contributed by atoms with van der Waals surface area (Å²) in [4.78, 5) is 4.67. The SMILES string of the molecule is NC(c1ccccc1)(c1ccccc1)c1ccccc1-c1nccc2c(F)c(Br)ccc12. The third-order valence-corrected chi connectivity index (χ3v) is 6.51. The minimum Gasteiger partial charge on any atom is -0.314 e. The highest BCUT2D eigenvalue weighted by molar-refractivity contribution is 9.10. The summed E-state index contributed by atoms with van der Waals surface area (Å²) in [5.41, 5.74) is 10.8. The van der Waals surface area contributed by atoms with Crippen LogP contribution in [0.15, 0.2) is 114 Å². The molecule has 1 heterocycles. The molecule has 1 aromatic heterocycles. The van der Waals surface area contributed by atoms with E-state index in [2.05, 4.69) is 20.9 Å². The van der Waals surface area contributed by atoms with Crippen molar-refractivity contribution in [3.8, 4) is 11.3 Å². The van der Waals surface area contributed by atoms with E-state index >= 15 is 0 Å². The van der Waals surface area contributed by atoms with E-state index in [4.69, 9.17) is 5.73 Å². The predicted octanol–water partition coefficient (Wildman–Crippen LogP) is 7.05. The van der Waals surface area contributed by atoms with Gasteiger partial charge in [0.15, 0.2) is 0 Å². The predicted molar refractivity (Wildman–Crippen MR) is 132 cm³/mol. The molecule has 0 radical (unpaired) electrons. The van der Waals surface area contributed by atoms with E-state index in [0.29, 0.717) is 15.6 Å². The molecule has 5 aromatic rings. The maximum Gasteiger partial charge on any atom is 0.145 e. The van der Waals surface area contributed by atoms with Gasteiger partial charge in [-0.3, -0.25) is 4.98 Å². The summed E-state index contributed by atoms with van der Waals surface area (Å²) in [6, 6.07) is 33.4. The number of rotatable bonds is 4. The van der Waals surface area contributed by atoms with Crippen LogP contribution < -0.4 is 5.73 Å². The van der Waals surface area contributed by atoms with E-state index in [1.807, 2.05) is 91.0 Å². The van der Waals surface area contributed by atoms with Crippen LogP contribution in [0.1, 0.15) is 16.7 Å². The van der Waals surface area contributed by atoms with Gasteiger partial charge in [0.05, 0.1) is 15.7 Å². The average Bonchev–Trinajstić information content (AvgIpc) is 2.86. The number of hydrogen-bond acceptors (Lipinski definition) is 2. The van der Waals surface area contributed by atoms with Gasteiger partial charge in [0.1, 0.15) is 5.82 Å². The lowest BCUT2D eigenvalue weighted by Crippen LogP contribution is -2.39. The van der Waals surface area contributed by atoms with Gasteiger partial charge in [-0.25, -0.2) is 4.39 Å². The largest absolute Gasteiger partial charge is 0.314 e. The van der Waals surface area contributed by atoms with E-state index in [1.54, 1.807) is 18.3 Å². The summed E-state index contributed by atoms with van der Waals surface area (Å²) >= 11 is 3.29. The number of fused-ring (bicyclic) bond motifs is 1. The minimum absolute atomic E-state index is 0.297. The maximum atomic E-state index is 14.9. The Bertz CT molecular complexity index is 1360. The lowest BCUT2D eigenvalue weighted by Gasteiger charge is -2.33. The highest BCUT2D eigenvalue weighted by Gasteiger charge is 2.34. The van der Waals surface area contributed by atoms with Crippen molar-refractivity contribution in [2.45, 2.75) is 5.54 Å². The number of hydrogen-bond donors (Lipinski definition) is 1. The lowest BCUT2D eigenvalue weighted by atomic mass is 9.75. The van der Waals surface area contributed by atoms with Crippen LogP contribution in [-0.2, 0) is 5.54 Å². The molecule has 2 nitrogen and oxygen atoms in total. The molecular formula is C28H20BrFN2. The van der Waals surface area contributed by atoms with Crippen LogP contribution in [0.4, 0.5) is 4.39 Å². The highest BCUT2D eigenvalue weighted by atomic mass is 79.9. The second-order valence-electron chi connectivity index (χ2n) is 7.70. The molecule has 0 amide bonds. The summed E-state index contributed by atoms with van der Waals surface area (Å²) in [6.07, 6.45) is 1.65. The Hall–Kier alpha value is -3.34. The molecule has 2 N–H and O–H groups in total. The van der Waals surface area contributed by atoms with Gasteiger partial charge in [-0.15, -0.1) is 0 Å². The molecule has 0 atom stereocenters. The number of pyridine rings is 1. The molecule has 156 valence electrons. The van der Waals surface area contributed by atoms with Gasteiger partial charge in [-0.1, -0.05) is 91.0 Å². The third kappa shape index (κ3) is 3.32. The fraction of sp³-hybridized carbons (Fsp3) is 0.0357. The Balaban J connectivity index is 1.84. The van der Waals surface area contributed by atoms with Crippen LogP contribution in [0.5, 0.6) is 0 Å². The van der Waals surface area contributed by atoms with E-state index < -0.39 is 5.54 Å². The molecule has 32 heavy (non-hydrogen) atoms. The standard InChI is InChI=1S/C28H20BrFN2/c29-25-16-15-22-21(26(25)30)17-18-32-27(22)23-13-7-8-14-24(23)28(31,19-9-3-1-4-10-19)20-11-5-2-6-12-20/h1-18H,31H2. The van der Waals surface area contributed by atoms with Gasteiger partial charge < -0.3 is 5.73 Å². The van der Waals surface area contributed by atoms with Crippen molar-refractivity contribution in [2.24, 2.45) is 5.73 Å². The molecule has 0 fully saturated rings. The molecule has 5 rings (SSSR count). The summed E-state index contributed by atoms with van der Waals surface area (Å²) < 4.78 is 15.3. The monoisotopic (exact) mass is 482 g/mol.